The van der Waals surface area contributed by atoms with Crippen molar-refractivity contribution in [2.75, 3.05) is 25.6 Å². The van der Waals surface area contributed by atoms with Gasteiger partial charge in [0.15, 0.2) is 0 Å². The molecule has 0 heterocycles. The lowest BCUT2D eigenvalue weighted by Crippen LogP contribution is -2.38. The lowest BCUT2D eigenvalue weighted by Gasteiger charge is -2.14. The molecule has 0 radical (unpaired) electrons. The molecule has 0 bridgehead atoms. The number of carbonyl (C=O) groups is 1. The second kappa shape index (κ2) is 7.86. The molecule has 0 spiro atoms. The number of methoxy groups -OCH3 is 1. The summed E-state index contributed by atoms with van der Waals surface area (Å²) >= 11 is 6.03. The summed E-state index contributed by atoms with van der Waals surface area (Å²) in [5.41, 5.74) is 0.607. The predicted molar refractivity (Wildman–Crippen MR) is 76.1 cm³/mol. The summed E-state index contributed by atoms with van der Waals surface area (Å²) < 4.78 is 10.3. The second-order valence-electron chi connectivity index (χ2n) is 4.03. The first-order valence-electron chi connectivity index (χ1n) is 6.05. The monoisotopic (exact) mass is 286 g/mol. The third kappa shape index (κ3) is 5.36. The van der Waals surface area contributed by atoms with Crippen molar-refractivity contribution < 1.29 is 14.3 Å². The minimum Gasteiger partial charge on any atom is -0.492 e. The summed E-state index contributed by atoms with van der Waals surface area (Å²) in [5.74, 6) is 0.600. The average Bonchev–Trinajstić information content (AvgIpc) is 2.32. The molecule has 1 aromatic rings. The molecule has 1 unspecified atom stereocenters. The van der Waals surface area contributed by atoms with Gasteiger partial charge in [-0.3, -0.25) is 0 Å². The molecule has 0 aliphatic carbocycles. The van der Waals surface area contributed by atoms with Crippen LogP contribution >= 0.6 is 11.6 Å². The maximum Gasteiger partial charge on any atom is 0.319 e. The van der Waals surface area contributed by atoms with E-state index in [0.717, 1.165) is 0 Å². The zero-order chi connectivity index (χ0) is 14.3. The van der Waals surface area contributed by atoms with Crippen molar-refractivity contribution in [2.45, 2.75) is 19.9 Å². The van der Waals surface area contributed by atoms with E-state index in [1.165, 1.54) is 0 Å². The van der Waals surface area contributed by atoms with E-state index in [0.29, 0.717) is 29.7 Å². The van der Waals surface area contributed by atoms with Gasteiger partial charge in [-0.1, -0.05) is 11.6 Å². The van der Waals surface area contributed by atoms with Crippen LogP contribution in [0.4, 0.5) is 10.5 Å². The van der Waals surface area contributed by atoms with Gasteiger partial charge < -0.3 is 20.1 Å². The van der Waals surface area contributed by atoms with E-state index in [1.807, 2.05) is 13.8 Å². The zero-order valence-electron chi connectivity index (χ0n) is 11.3. The Morgan fingerprint density at radius 1 is 1.47 bits per heavy atom. The first-order chi connectivity index (χ1) is 9.06. The molecule has 0 aliphatic rings. The number of urea groups is 1. The Hall–Kier alpha value is -1.46. The topological polar surface area (TPSA) is 59.6 Å². The van der Waals surface area contributed by atoms with E-state index in [-0.39, 0.29) is 12.1 Å². The average molecular weight is 287 g/mol. The fourth-order valence-electron chi connectivity index (χ4n) is 1.53. The standard InChI is InChI=1S/C13H19ClN2O3/c1-4-19-12-6-5-10(7-11(12)14)16-13(17)15-9(2)8-18-3/h5-7,9H,4,8H2,1-3H3,(H2,15,16,17). The fourth-order valence-corrected chi connectivity index (χ4v) is 1.77. The zero-order valence-corrected chi connectivity index (χ0v) is 12.1. The molecule has 19 heavy (non-hydrogen) atoms. The number of carbonyl (C=O) groups excluding carboxylic acids is 1. The fraction of sp³-hybridized carbons (Fsp3) is 0.462. The molecular formula is C13H19ClN2O3. The van der Waals surface area contributed by atoms with Gasteiger partial charge in [-0.15, -0.1) is 0 Å². The highest BCUT2D eigenvalue weighted by Crippen LogP contribution is 2.27. The van der Waals surface area contributed by atoms with Crippen molar-refractivity contribution in [2.24, 2.45) is 0 Å². The Morgan fingerprint density at radius 3 is 2.79 bits per heavy atom. The lowest BCUT2D eigenvalue weighted by atomic mass is 10.3. The first-order valence-corrected chi connectivity index (χ1v) is 6.43. The van der Waals surface area contributed by atoms with Crippen LogP contribution in [-0.2, 0) is 4.74 Å². The number of amides is 2. The number of halogens is 1. The summed E-state index contributed by atoms with van der Waals surface area (Å²) in [7, 11) is 1.59. The lowest BCUT2D eigenvalue weighted by molar-refractivity contribution is 0.173. The van der Waals surface area contributed by atoms with E-state index >= 15 is 0 Å². The SMILES string of the molecule is CCOc1ccc(NC(=O)NC(C)COC)cc1Cl. The Balaban J connectivity index is 2.57. The van der Waals surface area contributed by atoms with E-state index < -0.39 is 0 Å². The van der Waals surface area contributed by atoms with E-state index in [2.05, 4.69) is 10.6 Å². The van der Waals surface area contributed by atoms with E-state index in [4.69, 9.17) is 21.1 Å². The largest absolute Gasteiger partial charge is 0.492 e. The van der Waals surface area contributed by atoms with Crippen LogP contribution in [0.3, 0.4) is 0 Å². The molecule has 2 N–H and O–H groups in total. The molecule has 0 aromatic heterocycles. The van der Waals surface area contributed by atoms with Gasteiger partial charge in [-0.25, -0.2) is 4.79 Å². The summed E-state index contributed by atoms with van der Waals surface area (Å²) in [6.45, 7) is 4.74. The molecule has 6 heteroatoms. The molecule has 0 saturated heterocycles. The minimum absolute atomic E-state index is 0.0665. The number of hydrogen-bond acceptors (Lipinski definition) is 3. The van der Waals surface area contributed by atoms with Crippen LogP contribution in [0.25, 0.3) is 0 Å². The number of ether oxygens (including phenoxy) is 2. The number of nitrogens with one attached hydrogen (secondary N) is 2. The molecule has 1 aromatic carbocycles. The van der Waals surface area contributed by atoms with Crippen molar-refractivity contribution in [3.63, 3.8) is 0 Å². The number of hydrogen-bond donors (Lipinski definition) is 2. The first kappa shape index (κ1) is 15.6. The summed E-state index contributed by atoms with van der Waals surface area (Å²) in [5, 5.41) is 5.90. The van der Waals surface area contributed by atoms with Crippen LogP contribution < -0.4 is 15.4 Å². The highest BCUT2D eigenvalue weighted by molar-refractivity contribution is 6.32. The predicted octanol–water partition coefficient (Wildman–Crippen LogP) is 2.90. The number of anilines is 1. The quantitative estimate of drug-likeness (QED) is 0.845. The summed E-state index contributed by atoms with van der Waals surface area (Å²) in [6.07, 6.45) is 0. The van der Waals surface area contributed by atoms with Crippen LogP contribution in [0.2, 0.25) is 5.02 Å². The number of benzene rings is 1. The smallest absolute Gasteiger partial charge is 0.319 e. The van der Waals surface area contributed by atoms with Crippen LogP contribution in [0.15, 0.2) is 18.2 Å². The molecular weight excluding hydrogens is 268 g/mol. The molecule has 1 atom stereocenters. The van der Waals surface area contributed by atoms with Crippen molar-refractivity contribution in [1.82, 2.24) is 5.32 Å². The minimum atomic E-state index is -0.301. The summed E-state index contributed by atoms with van der Waals surface area (Å²) in [4.78, 5) is 11.7. The molecule has 2 amide bonds. The van der Waals surface area contributed by atoms with Crippen molar-refractivity contribution >= 4 is 23.3 Å². The summed E-state index contributed by atoms with van der Waals surface area (Å²) in [6, 6.07) is 4.73. The Morgan fingerprint density at radius 2 is 2.21 bits per heavy atom. The van der Waals surface area contributed by atoms with Crippen molar-refractivity contribution in [3.05, 3.63) is 23.2 Å². The van der Waals surface area contributed by atoms with Gasteiger partial charge in [0, 0.05) is 12.8 Å². The van der Waals surface area contributed by atoms with Crippen molar-refractivity contribution in [3.8, 4) is 5.75 Å². The van der Waals surface area contributed by atoms with Gasteiger partial charge in [0.2, 0.25) is 0 Å². The van der Waals surface area contributed by atoms with Crippen LogP contribution in [0.1, 0.15) is 13.8 Å². The third-order valence-corrected chi connectivity index (χ3v) is 2.58. The van der Waals surface area contributed by atoms with Gasteiger partial charge in [-0.05, 0) is 32.0 Å². The third-order valence-electron chi connectivity index (χ3n) is 2.28. The van der Waals surface area contributed by atoms with Gasteiger partial charge in [-0.2, -0.15) is 0 Å². The normalized spacial score (nSPS) is 11.8. The number of rotatable bonds is 6. The highest BCUT2D eigenvalue weighted by Gasteiger charge is 2.08. The van der Waals surface area contributed by atoms with Gasteiger partial charge in [0.1, 0.15) is 5.75 Å². The van der Waals surface area contributed by atoms with Crippen LogP contribution in [0.5, 0.6) is 5.75 Å². The molecule has 0 aliphatic heterocycles. The molecule has 106 valence electrons. The van der Waals surface area contributed by atoms with Gasteiger partial charge in [0.25, 0.3) is 0 Å². The Labute approximate surface area is 118 Å². The highest BCUT2D eigenvalue weighted by atomic mass is 35.5. The molecule has 0 saturated carbocycles. The molecule has 0 fully saturated rings. The Bertz CT molecular complexity index is 426. The van der Waals surface area contributed by atoms with Crippen LogP contribution in [0, 0.1) is 0 Å². The maximum absolute atomic E-state index is 11.7. The second-order valence-corrected chi connectivity index (χ2v) is 4.44. The van der Waals surface area contributed by atoms with Crippen LogP contribution in [-0.4, -0.2) is 32.4 Å². The maximum atomic E-state index is 11.7. The van der Waals surface area contributed by atoms with Gasteiger partial charge in [0.05, 0.1) is 24.3 Å². The Kier molecular flexibility index (Phi) is 6.45. The van der Waals surface area contributed by atoms with Crippen molar-refractivity contribution in [1.29, 1.82) is 0 Å². The van der Waals surface area contributed by atoms with E-state index in [9.17, 15) is 4.79 Å². The van der Waals surface area contributed by atoms with E-state index in [1.54, 1.807) is 25.3 Å². The molecule has 5 nitrogen and oxygen atoms in total. The molecule has 1 rings (SSSR count). The van der Waals surface area contributed by atoms with Gasteiger partial charge >= 0.3 is 6.03 Å².